The van der Waals surface area contributed by atoms with Gasteiger partial charge < -0.3 is 14.1 Å². The third kappa shape index (κ3) is 8.55. The Morgan fingerprint density at radius 1 is 0.767 bits per heavy atom. The first-order chi connectivity index (χ1) is 20.9. The van der Waals surface area contributed by atoms with Crippen LogP contribution in [0.3, 0.4) is 0 Å². The van der Waals surface area contributed by atoms with Gasteiger partial charge in [-0.25, -0.2) is 0 Å². The molecule has 4 heteroatoms. The fourth-order valence-corrected chi connectivity index (χ4v) is 6.25. The van der Waals surface area contributed by atoms with Crippen LogP contribution in [0.4, 0.5) is 5.69 Å². The summed E-state index contributed by atoms with van der Waals surface area (Å²) >= 11 is 0. The number of nitrogens with zero attached hydrogens (tertiary/aromatic N) is 2. The van der Waals surface area contributed by atoms with Crippen molar-refractivity contribution in [2.24, 2.45) is 7.05 Å². The molecule has 0 N–H and O–H groups in total. The highest BCUT2D eigenvalue weighted by Crippen LogP contribution is 2.41. The second-order valence-corrected chi connectivity index (χ2v) is 12.8. The summed E-state index contributed by atoms with van der Waals surface area (Å²) < 4.78 is 15.2. The van der Waals surface area contributed by atoms with E-state index in [4.69, 9.17) is 9.15 Å². The lowest BCUT2D eigenvalue weighted by Crippen LogP contribution is -2.29. The molecule has 4 rings (SSSR count). The minimum atomic E-state index is 0.892. The SMILES string of the molecule is CCCCCCC(/C=C1\Oc2cc(C)c(CCCCCC)cc2N1C)=C\c1oc2cc(C)c(CCCCCC)cc2[n+]1C. The highest BCUT2D eigenvalue weighted by atomic mass is 16.5. The normalized spacial score (nSPS) is 14.3. The van der Waals surface area contributed by atoms with E-state index in [1.165, 1.54) is 110 Å². The van der Waals surface area contributed by atoms with Gasteiger partial charge in [-0.2, -0.15) is 4.57 Å². The van der Waals surface area contributed by atoms with E-state index in [0.29, 0.717) is 0 Å². The Labute approximate surface area is 261 Å². The minimum Gasteiger partial charge on any atom is -0.439 e. The lowest BCUT2D eigenvalue weighted by atomic mass is 10.0. The van der Waals surface area contributed by atoms with Crippen molar-refractivity contribution in [1.29, 1.82) is 0 Å². The molecule has 0 fully saturated rings. The zero-order valence-corrected chi connectivity index (χ0v) is 28.3. The quantitative estimate of drug-likeness (QED) is 0.117. The zero-order valence-electron chi connectivity index (χ0n) is 28.3. The number of ether oxygens (including phenoxy) is 1. The Bertz CT molecular complexity index is 1410. The number of hydrogen-bond acceptors (Lipinski definition) is 3. The molecule has 0 bridgehead atoms. The molecule has 0 saturated heterocycles. The van der Waals surface area contributed by atoms with Crippen molar-refractivity contribution in [2.75, 3.05) is 11.9 Å². The van der Waals surface area contributed by atoms with Crippen molar-refractivity contribution in [2.45, 2.75) is 131 Å². The monoisotopic (exact) mass is 585 g/mol. The molecule has 0 unspecified atom stereocenters. The number of aromatic nitrogens is 1. The molecule has 0 spiro atoms. The molecule has 2 aromatic carbocycles. The van der Waals surface area contributed by atoms with Crippen LogP contribution in [0.15, 0.2) is 46.2 Å². The van der Waals surface area contributed by atoms with E-state index in [1.54, 1.807) is 0 Å². The highest BCUT2D eigenvalue weighted by Gasteiger charge is 2.25. The van der Waals surface area contributed by atoms with Gasteiger partial charge in [0.15, 0.2) is 5.75 Å². The molecule has 4 nitrogen and oxygen atoms in total. The lowest BCUT2D eigenvalue weighted by molar-refractivity contribution is -0.652. The largest absolute Gasteiger partial charge is 0.439 e. The maximum absolute atomic E-state index is 6.48. The van der Waals surface area contributed by atoms with Crippen LogP contribution in [0.1, 0.15) is 132 Å². The summed E-state index contributed by atoms with van der Waals surface area (Å²) in [6.45, 7) is 11.3. The third-order valence-corrected chi connectivity index (χ3v) is 9.18. The molecule has 0 radical (unpaired) electrons. The fraction of sp³-hybridized carbons (Fsp3) is 0.564. The van der Waals surface area contributed by atoms with Crippen LogP contribution in [0.5, 0.6) is 5.75 Å². The van der Waals surface area contributed by atoms with E-state index in [0.717, 1.165) is 48.8 Å². The molecule has 2 heterocycles. The van der Waals surface area contributed by atoms with Crippen molar-refractivity contribution in [3.05, 3.63) is 69.9 Å². The number of benzene rings is 2. The number of fused-ring (bicyclic) bond motifs is 2. The Hall–Kier alpha value is -3.01. The Morgan fingerprint density at radius 2 is 1.37 bits per heavy atom. The van der Waals surface area contributed by atoms with Crippen LogP contribution >= 0.6 is 0 Å². The molecule has 1 aliphatic rings. The van der Waals surface area contributed by atoms with Gasteiger partial charge in [0.1, 0.15) is 7.05 Å². The van der Waals surface area contributed by atoms with E-state index in [1.807, 2.05) is 0 Å². The molecule has 3 aromatic rings. The summed E-state index contributed by atoms with van der Waals surface area (Å²) in [6.07, 6.45) is 22.9. The maximum Gasteiger partial charge on any atom is 0.374 e. The lowest BCUT2D eigenvalue weighted by Gasteiger charge is -2.13. The second kappa shape index (κ2) is 16.2. The van der Waals surface area contributed by atoms with Gasteiger partial charge >= 0.3 is 5.89 Å². The van der Waals surface area contributed by atoms with E-state index in [9.17, 15) is 0 Å². The molecular weight excluding hydrogens is 528 g/mol. The molecule has 0 aliphatic carbocycles. The summed E-state index contributed by atoms with van der Waals surface area (Å²) in [5, 5.41) is 0. The van der Waals surface area contributed by atoms with Gasteiger partial charge in [0.25, 0.3) is 5.52 Å². The molecule has 1 aliphatic heterocycles. The van der Waals surface area contributed by atoms with E-state index in [2.05, 4.69) is 94.6 Å². The molecule has 0 atom stereocenters. The Balaban J connectivity index is 1.60. The van der Waals surface area contributed by atoms with Crippen LogP contribution in [-0.2, 0) is 19.9 Å². The number of anilines is 1. The van der Waals surface area contributed by atoms with E-state index >= 15 is 0 Å². The first kappa shape index (κ1) is 32.9. The molecule has 43 heavy (non-hydrogen) atoms. The number of rotatable bonds is 17. The van der Waals surface area contributed by atoms with Gasteiger partial charge in [0.2, 0.25) is 11.5 Å². The van der Waals surface area contributed by atoms with Gasteiger partial charge in [-0.3, -0.25) is 0 Å². The third-order valence-electron chi connectivity index (χ3n) is 9.18. The molecular formula is C39H57N2O2+. The summed E-state index contributed by atoms with van der Waals surface area (Å²) in [5.74, 6) is 2.75. The molecule has 234 valence electrons. The van der Waals surface area contributed by atoms with Gasteiger partial charge in [-0.15, -0.1) is 0 Å². The van der Waals surface area contributed by atoms with Crippen molar-refractivity contribution >= 4 is 22.9 Å². The zero-order chi connectivity index (χ0) is 30.8. The number of aryl methyl sites for hydroxylation is 5. The first-order valence-electron chi connectivity index (χ1n) is 17.3. The predicted octanol–water partition coefficient (Wildman–Crippen LogP) is 10.8. The van der Waals surface area contributed by atoms with Crippen molar-refractivity contribution in [3.8, 4) is 5.75 Å². The van der Waals surface area contributed by atoms with Gasteiger partial charge in [0, 0.05) is 19.2 Å². The smallest absolute Gasteiger partial charge is 0.374 e. The average Bonchev–Trinajstić information content (AvgIpc) is 3.45. The maximum atomic E-state index is 6.48. The van der Waals surface area contributed by atoms with Crippen LogP contribution in [0.2, 0.25) is 0 Å². The van der Waals surface area contributed by atoms with Gasteiger partial charge in [-0.05, 0) is 98.4 Å². The highest BCUT2D eigenvalue weighted by molar-refractivity contribution is 5.73. The number of oxazole rings is 1. The van der Waals surface area contributed by atoms with Crippen molar-refractivity contribution in [1.82, 2.24) is 0 Å². The van der Waals surface area contributed by atoms with Crippen molar-refractivity contribution in [3.63, 3.8) is 0 Å². The summed E-state index contributed by atoms with van der Waals surface area (Å²) in [6, 6.07) is 9.16. The summed E-state index contributed by atoms with van der Waals surface area (Å²) in [5.41, 5.74) is 10.1. The Kier molecular flexibility index (Phi) is 12.4. The van der Waals surface area contributed by atoms with Crippen LogP contribution in [0.25, 0.3) is 17.2 Å². The molecule has 0 amide bonds. The first-order valence-corrected chi connectivity index (χ1v) is 17.3. The number of allylic oxidation sites excluding steroid dienone is 2. The van der Waals surface area contributed by atoms with Gasteiger partial charge in [-0.1, -0.05) is 78.6 Å². The number of hydrogen-bond donors (Lipinski definition) is 0. The number of unbranched alkanes of at least 4 members (excludes halogenated alkanes) is 9. The Morgan fingerprint density at radius 3 is 2.02 bits per heavy atom. The van der Waals surface area contributed by atoms with Crippen molar-refractivity contribution < 1.29 is 13.7 Å². The fourth-order valence-electron chi connectivity index (χ4n) is 6.25. The van der Waals surface area contributed by atoms with Crippen LogP contribution in [0, 0.1) is 13.8 Å². The summed E-state index contributed by atoms with van der Waals surface area (Å²) in [4.78, 5) is 2.22. The second-order valence-electron chi connectivity index (χ2n) is 12.8. The van der Waals surface area contributed by atoms with Crippen LogP contribution < -0.4 is 14.2 Å². The molecule has 0 saturated carbocycles. The molecule has 1 aromatic heterocycles. The average molecular weight is 586 g/mol. The van der Waals surface area contributed by atoms with Crippen LogP contribution in [-0.4, -0.2) is 7.05 Å². The summed E-state index contributed by atoms with van der Waals surface area (Å²) in [7, 11) is 4.27. The van der Waals surface area contributed by atoms with E-state index < -0.39 is 0 Å². The van der Waals surface area contributed by atoms with Gasteiger partial charge in [0.05, 0.1) is 11.8 Å². The predicted molar refractivity (Wildman–Crippen MR) is 183 cm³/mol. The standard InChI is InChI=1S/C39H57N2O2/c1-8-11-14-17-20-31(25-38-40(6)34-27-32(21-18-15-12-9-2)29(4)23-36(34)42-38)26-39-41(7)35-28-33(22-19-16-13-10-3)30(5)24-37(35)43-39/h23-28H,8-22H2,1-7H3/q+1. The topological polar surface area (TPSA) is 29.5 Å². The van der Waals surface area contributed by atoms with E-state index in [-0.39, 0.29) is 0 Å². The minimum absolute atomic E-state index is 0.892.